The molecule has 0 aliphatic rings. The molecule has 0 fully saturated rings. The highest BCUT2D eigenvalue weighted by Gasteiger charge is 2.24. The lowest BCUT2D eigenvalue weighted by molar-refractivity contribution is 0.342. The SMILES string of the molecule is CCCCN(CCCC)S(=O)(=O)c1ccc(OCC)c(N)c1. The molecule has 1 rings (SSSR count). The molecular weight excluding hydrogens is 300 g/mol. The van der Waals surface area contributed by atoms with Gasteiger partial charge in [-0.2, -0.15) is 4.31 Å². The minimum Gasteiger partial charge on any atom is -0.492 e. The van der Waals surface area contributed by atoms with E-state index in [9.17, 15) is 8.42 Å². The first-order chi connectivity index (χ1) is 10.5. The van der Waals surface area contributed by atoms with E-state index < -0.39 is 10.0 Å². The third-order valence-electron chi connectivity index (χ3n) is 3.44. The number of ether oxygens (including phenoxy) is 1. The molecule has 0 aliphatic heterocycles. The monoisotopic (exact) mass is 328 g/mol. The quantitative estimate of drug-likeness (QED) is 0.669. The molecular formula is C16H28N2O3S. The summed E-state index contributed by atoms with van der Waals surface area (Å²) in [5, 5.41) is 0. The van der Waals surface area contributed by atoms with Gasteiger partial charge in [-0.25, -0.2) is 8.42 Å². The largest absolute Gasteiger partial charge is 0.492 e. The van der Waals surface area contributed by atoms with Gasteiger partial charge < -0.3 is 10.5 Å². The van der Waals surface area contributed by atoms with E-state index in [4.69, 9.17) is 10.5 Å². The maximum absolute atomic E-state index is 12.8. The predicted octanol–water partition coefficient (Wildman–Crippen LogP) is 3.26. The van der Waals surface area contributed by atoms with Crippen molar-refractivity contribution < 1.29 is 13.2 Å². The minimum atomic E-state index is -3.50. The molecule has 0 heterocycles. The van der Waals surface area contributed by atoms with Crippen molar-refractivity contribution in [2.24, 2.45) is 0 Å². The fourth-order valence-electron chi connectivity index (χ4n) is 2.14. The Kier molecular flexibility index (Phi) is 7.68. The van der Waals surface area contributed by atoms with Crippen LogP contribution < -0.4 is 10.5 Å². The zero-order valence-corrected chi connectivity index (χ0v) is 14.7. The molecule has 0 unspecified atom stereocenters. The summed E-state index contributed by atoms with van der Waals surface area (Å²) in [5.41, 5.74) is 6.25. The molecule has 5 nitrogen and oxygen atoms in total. The molecule has 0 radical (unpaired) electrons. The van der Waals surface area contributed by atoms with Crippen molar-refractivity contribution in [2.45, 2.75) is 51.3 Å². The summed E-state index contributed by atoms with van der Waals surface area (Å²) in [6, 6.07) is 4.69. The lowest BCUT2D eigenvalue weighted by Crippen LogP contribution is -2.33. The number of hydrogen-bond donors (Lipinski definition) is 1. The minimum absolute atomic E-state index is 0.237. The van der Waals surface area contributed by atoms with Gasteiger partial charge in [0.15, 0.2) is 0 Å². The number of nitrogen functional groups attached to an aromatic ring is 1. The van der Waals surface area contributed by atoms with Crippen molar-refractivity contribution in [3.05, 3.63) is 18.2 Å². The molecule has 0 aliphatic carbocycles. The van der Waals surface area contributed by atoms with E-state index in [0.717, 1.165) is 25.7 Å². The van der Waals surface area contributed by atoms with Crippen LogP contribution >= 0.6 is 0 Å². The number of sulfonamides is 1. The number of rotatable bonds is 10. The summed E-state index contributed by atoms with van der Waals surface area (Å²) < 4.78 is 32.5. The highest BCUT2D eigenvalue weighted by Crippen LogP contribution is 2.27. The van der Waals surface area contributed by atoms with Gasteiger partial charge in [-0.1, -0.05) is 26.7 Å². The molecule has 0 amide bonds. The number of unbranched alkanes of at least 4 members (excludes halogenated alkanes) is 2. The van der Waals surface area contributed by atoms with Crippen LogP contribution in [0.4, 0.5) is 5.69 Å². The van der Waals surface area contributed by atoms with Crippen molar-refractivity contribution in [3.8, 4) is 5.75 Å². The van der Waals surface area contributed by atoms with E-state index >= 15 is 0 Å². The number of anilines is 1. The summed E-state index contributed by atoms with van der Waals surface area (Å²) in [5.74, 6) is 0.523. The highest BCUT2D eigenvalue weighted by molar-refractivity contribution is 7.89. The van der Waals surface area contributed by atoms with Gasteiger partial charge in [0.25, 0.3) is 0 Å². The molecule has 0 atom stereocenters. The van der Waals surface area contributed by atoms with Crippen LogP contribution in [-0.4, -0.2) is 32.4 Å². The van der Waals surface area contributed by atoms with Crippen LogP contribution in [0.25, 0.3) is 0 Å². The fourth-order valence-corrected chi connectivity index (χ4v) is 3.70. The zero-order valence-electron chi connectivity index (χ0n) is 13.8. The summed E-state index contributed by atoms with van der Waals surface area (Å²) >= 11 is 0. The maximum Gasteiger partial charge on any atom is 0.243 e. The summed E-state index contributed by atoms with van der Waals surface area (Å²) in [6.45, 7) is 7.56. The second-order valence-corrected chi connectivity index (χ2v) is 7.18. The van der Waals surface area contributed by atoms with Crippen molar-refractivity contribution in [2.75, 3.05) is 25.4 Å². The molecule has 126 valence electrons. The Balaban J connectivity index is 3.04. The van der Waals surface area contributed by atoms with E-state index in [-0.39, 0.29) is 4.90 Å². The number of nitrogens with zero attached hydrogens (tertiary/aromatic N) is 1. The lowest BCUT2D eigenvalue weighted by Gasteiger charge is -2.22. The van der Waals surface area contributed by atoms with E-state index in [1.54, 1.807) is 16.4 Å². The average Bonchev–Trinajstić information content (AvgIpc) is 2.49. The van der Waals surface area contributed by atoms with E-state index in [0.29, 0.717) is 31.1 Å². The van der Waals surface area contributed by atoms with Crippen molar-refractivity contribution in [1.82, 2.24) is 4.31 Å². The standard InChI is InChI=1S/C16H28N2O3S/c1-4-7-11-18(12-8-5-2)22(19,20)14-9-10-16(21-6-3)15(17)13-14/h9-10,13H,4-8,11-12,17H2,1-3H3. The van der Waals surface area contributed by atoms with Crippen molar-refractivity contribution in [1.29, 1.82) is 0 Å². The zero-order chi connectivity index (χ0) is 16.6. The molecule has 0 saturated heterocycles. The molecule has 22 heavy (non-hydrogen) atoms. The third kappa shape index (κ3) is 4.88. The topological polar surface area (TPSA) is 72.6 Å². The fraction of sp³-hybridized carbons (Fsp3) is 0.625. The number of benzene rings is 1. The average molecular weight is 328 g/mol. The Morgan fingerprint density at radius 1 is 1.09 bits per heavy atom. The highest BCUT2D eigenvalue weighted by atomic mass is 32.2. The van der Waals surface area contributed by atoms with Gasteiger partial charge in [0, 0.05) is 13.1 Å². The Morgan fingerprint density at radius 2 is 1.68 bits per heavy atom. The predicted molar refractivity (Wildman–Crippen MR) is 90.6 cm³/mol. The summed E-state index contributed by atoms with van der Waals surface area (Å²) in [7, 11) is -3.50. The smallest absolute Gasteiger partial charge is 0.243 e. The van der Waals surface area contributed by atoms with Crippen LogP contribution in [0.5, 0.6) is 5.75 Å². The van der Waals surface area contributed by atoms with E-state index in [1.807, 2.05) is 6.92 Å². The van der Waals surface area contributed by atoms with Crippen LogP contribution in [0, 0.1) is 0 Å². The summed E-state index contributed by atoms with van der Waals surface area (Å²) in [4.78, 5) is 0.237. The molecule has 6 heteroatoms. The van der Waals surface area contributed by atoms with E-state index in [2.05, 4.69) is 13.8 Å². The first kappa shape index (κ1) is 18.8. The van der Waals surface area contributed by atoms with Crippen molar-refractivity contribution in [3.63, 3.8) is 0 Å². The first-order valence-corrected chi connectivity index (χ1v) is 9.43. The van der Waals surface area contributed by atoms with Gasteiger partial charge in [-0.3, -0.25) is 0 Å². The summed E-state index contributed by atoms with van der Waals surface area (Å²) in [6.07, 6.45) is 3.64. The Hall–Kier alpha value is -1.27. The lowest BCUT2D eigenvalue weighted by atomic mass is 10.3. The van der Waals surface area contributed by atoms with Crippen LogP contribution in [0.1, 0.15) is 46.5 Å². The van der Waals surface area contributed by atoms with E-state index in [1.165, 1.54) is 6.07 Å². The van der Waals surface area contributed by atoms with Crippen LogP contribution in [0.2, 0.25) is 0 Å². The van der Waals surface area contributed by atoms with Gasteiger partial charge in [0.2, 0.25) is 10.0 Å². The first-order valence-electron chi connectivity index (χ1n) is 7.99. The van der Waals surface area contributed by atoms with Crippen LogP contribution in [0.3, 0.4) is 0 Å². The van der Waals surface area contributed by atoms with Gasteiger partial charge in [-0.05, 0) is 38.0 Å². The van der Waals surface area contributed by atoms with Gasteiger partial charge in [0.05, 0.1) is 17.2 Å². The normalized spacial score (nSPS) is 11.8. The second-order valence-electron chi connectivity index (χ2n) is 5.24. The molecule has 0 saturated carbocycles. The molecule has 0 bridgehead atoms. The van der Waals surface area contributed by atoms with Crippen LogP contribution in [0.15, 0.2) is 23.1 Å². The number of hydrogen-bond acceptors (Lipinski definition) is 4. The Morgan fingerprint density at radius 3 is 2.14 bits per heavy atom. The van der Waals surface area contributed by atoms with Crippen molar-refractivity contribution >= 4 is 15.7 Å². The third-order valence-corrected chi connectivity index (χ3v) is 5.34. The Bertz CT molecular complexity index is 551. The molecule has 2 N–H and O–H groups in total. The Labute approximate surface area is 134 Å². The molecule has 0 aromatic heterocycles. The van der Waals surface area contributed by atoms with Gasteiger partial charge in [-0.15, -0.1) is 0 Å². The second kappa shape index (κ2) is 9.00. The maximum atomic E-state index is 12.8. The van der Waals surface area contributed by atoms with Crippen LogP contribution in [-0.2, 0) is 10.0 Å². The molecule has 1 aromatic rings. The molecule has 1 aromatic carbocycles. The van der Waals surface area contributed by atoms with Gasteiger partial charge >= 0.3 is 0 Å². The number of nitrogens with two attached hydrogens (primary N) is 1. The molecule has 0 spiro atoms. The van der Waals surface area contributed by atoms with Gasteiger partial charge in [0.1, 0.15) is 5.75 Å².